The molecule has 5 nitrogen and oxygen atoms in total. The van der Waals surface area contributed by atoms with Crippen LogP contribution in [0.4, 0.5) is 0 Å². The van der Waals surface area contributed by atoms with Gasteiger partial charge in [0.25, 0.3) is 0 Å². The van der Waals surface area contributed by atoms with Gasteiger partial charge < -0.3 is 0 Å². The summed E-state index contributed by atoms with van der Waals surface area (Å²) in [5.41, 5.74) is 7.35. The standard InChI is InChI=1S/C13H21N5S/c1-7-10(4)19-12(15-7)6-11(16-14)13-8(2)17-18(5)9(13)3/h11,16H,6,14H2,1-5H3. The number of nitrogens with zero attached hydrogens (tertiary/aromatic N) is 3. The summed E-state index contributed by atoms with van der Waals surface area (Å²) in [6, 6.07) is 0.0543. The van der Waals surface area contributed by atoms with Gasteiger partial charge >= 0.3 is 0 Å². The molecule has 0 saturated carbocycles. The Morgan fingerprint density at radius 3 is 2.37 bits per heavy atom. The first kappa shape index (κ1) is 14.2. The molecule has 0 aliphatic heterocycles. The Hall–Kier alpha value is -1.24. The predicted octanol–water partition coefficient (Wildman–Crippen LogP) is 1.86. The molecule has 3 N–H and O–H groups in total. The van der Waals surface area contributed by atoms with Crippen molar-refractivity contribution in [2.45, 2.75) is 40.2 Å². The Balaban J connectivity index is 2.30. The number of aryl methyl sites for hydroxylation is 4. The summed E-state index contributed by atoms with van der Waals surface area (Å²) in [5.74, 6) is 5.73. The van der Waals surface area contributed by atoms with E-state index in [0.29, 0.717) is 0 Å². The van der Waals surface area contributed by atoms with Crippen LogP contribution in [0, 0.1) is 27.7 Å². The van der Waals surface area contributed by atoms with Crippen molar-refractivity contribution < 1.29 is 0 Å². The Morgan fingerprint density at radius 2 is 1.95 bits per heavy atom. The van der Waals surface area contributed by atoms with E-state index in [9.17, 15) is 0 Å². The molecule has 2 aromatic rings. The minimum Gasteiger partial charge on any atom is -0.272 e. The van der Waals surface area contributed by atoms with Gasteiger partial charge in [-0.25, -0.2) is 4.98 Å². The Kier molecular flexibility index (Phi) is 4.03. The fraction of sp³-hybridized carbons (Fsp3) is 0.538. The molecule has 0 aromatic carbocycles. The van der Waals surface area contributed by atoms with Gasteiger partial charge in [-0.2, -0.15) is 5.10 Å². The van der Waals surface area contributed by atoms with Crippen LogP contribution in [0.3, 0.4) is 0 Å². The summed E-state index contributed by atoms with van der Waals surface area (Å²) in [4.78, 5) is 5.85. The van der Waals surface area contributed by atoms with E-state index in [-0.39, 0.29) is 6.04 Å². The van der Waals surface area contributed by atoms with Crippen molar-refractivity contribution in [1.29, 1.82) is 0 Å². The zero-order valence-electron chi connectivity index (χ0n) is 12.1. The van der Waals surface area contributed by atoms with E-state index in [1.165, 1.54) is 10.4 Å². The molecule has 2 aromatic heterocycles. The third-order valence-corrected chi connectivity index (χ3v) is 4.66. The number of hydrazine groups is 1. The second-order valence-corrected chi connectivity index (χ2v) is 6.17. The summed E-state index contributed by atoms with van der Waals surface area (Å²) in [5, 5.41) is 5.56. The van der Waals surface area contributed by atoms with Crippen molar-refractivity contribution in [2.75, 3.05) is 0 Å². The van der Waals surface area contributed by atoms with Crippen molar-refractivity contribution >= 4 is 11.3 Å². The second-order valence-electron chi connectivity index (χ2n) is 4.88. The van der Waals surface area contributed by atoms with Crippen LogP contribution in [0.25, 0.3) is 0 Å². The Labute approximate surface area is 117 Å². The van der Waals surface area contributed by atoms with Crippen LogP contribution in [0.2, 0.25) is 0 Å². The van der Waals surface area contributed by atoms with Gasteiger partial charge in [0.15, 0.2) is 0 Å². The lowest BCUT2D eigenvalue weighted by atomic mass is 10.0. The molecule has 1 unspecified atom stereocenters. The molecular weight excluding hydrogens is 258 g/mol. The lowest BCUT2D eigenvalue weighted by molar-refractivity contribution is 0.544. The quantitative estimate of drug-likeness (QED) is 0.662. The van der Waals surface area contributed by atoms with Gasteiger partial charge in [-0.1, -0.05) is 0 Å². The molecule has 0 spiro atoms. The molecule has 2 rings (SSSR count). The molecule has 0 bridgehead atoms. The van der Waals surface area contributed by atoms with Crippen molar-refractivity contribution in [3.63, 3.8) is 0 Å². The lowest BCUT2D eigenvalue weighted by Crippen LogP contribution is -2.30. The molecule has 0 fully saturated rings. The Morgan fingerprint density at radius 1 is 1.26 bits per heavy atom. The molecular formula is C13H21N5S. The van der Waals surface area contributed by atoms with E-state index in [0.717, 1.165) is 28.5 Å². The fourth-order valence-electron chi connectivity index (χ4n) is 2.34. The molecule has 1 atom stereocenters. The lowest BCUT2D eigenvalue weighted by Gasteiger charge is -2.15. The van der Waals surface area contributed by atoms with Crippen LogP contribution in [-0.4, -0.2) is 14.8 Å². The molecule has 0 aliphatic rings. The number of rotatable bonds is 4. The summed E-state index contributed by atoms with van der Waals surface area (Å²) in [6.45, 7) is 8.23. The maximum Gasteiger partial charge on any atom is 0.0950 e. The minimum atomic E-state index is 0.0543. The predicted molar refractivity (Wildman–Crippen MR) is 78.0 cm³/mol. The first-order chi connectivity index (χ1) is 8.93. The van der Waals surface area contributed by atoms with E-state index in [1.807, 2.05) is 25.6 Å². The molecule has 2 heterocycles. The molecule has 0 radical (unpaired) electrons. The second kappa shape index (κ2) is 5.40. The summed E-state index contributed by atoms with van der Waals surface area (Å²) in [6.07, 6.45) is 0.795. The molecule has 104 valence electrons. The Bertz CT molecular complexity index is 565. The topological polar surface area (TPSA) is 68.8 Å². The minimum absolute atomic E-state index is 0.0543. The van der Waals surface area contributed by atoms with E-state index < -0.39 is 0 Å². The van der Waals surface area contributed by atoms with E-state index >= 15 is 0 Å². The van der Waals surface area contributed by atoms with Crippen LogP contribution in [-0.2, 0) is 13.5 Å². The number of hydrogen-bond acceptors (Lipinski definition) is 5. The maximum absolute atomic E-state index is 5.73. The van der Waals surface area contributed by atoms with Crippen molar-refractivity contribution in [2.24, 2.45) is 12.9 Å². The summed E-state index contributed by atoms with van der Waals surface area (Å²) >= 11 is 1.74. The zero-order chi connectivity index (χ0) is 14.2. The SMILES string of the molecule is Cc1nc(CC(NN)c2c(C)nn(C)c2C)sc1C. The van der Waals surface area contributed by atoms with E-state index in [4.69, 9.17) is 5.84 Å². The molecule has 19 heavy (non-hydrogen) atoms. The summed E-state index contributed by atoms with van der Waals surface area (Å²) in [7, 11) is 1.96. The highest BCUT2D eigenvalue weighted by Crippen LogP contribution is 2.26. The monoisotopic (exact) mass is 279 g/mol. The van der Waals surface area contributed by atoms with Gasteiger partial charge in [0.2, 0.25) is 0 Å². The number of aromatic nitrogens is 3. The smallest absolute Gasteiger partial charge is 0.0950 e. The average Bonchev–Trinajstić information content (AvgIpc) is 2.78. The van der Waals surface area contributed by atoms with Crippen LogP contribution in [0.15, 0.2) is 0 Å². The normalized spacial score (nSPS) is 12.9. The third kappa shape index (κ3) is 2.70. The highest BCUT2D eigenvalue weighted by molar-refractivity contribution is 7.11. The third-order valence-electron chi connectivity index (χ3n) is 3.57. The van der Waals surface area contributed by atoms with E-state index in [1.54, 1.807) is 11.3 Å². The average molecular weight is 279 g/mol. The van der Waals surface area contributed by atoms with Gasteiger partial charge in [0.05, 0.1) is 22.4 Å². The van der Waals surface area contributed by atoms with Crippen LogP contribution in [0.1, 0.15) is 38.6 Å². The highest BCUT2D eigenvalue weighted by Gasteiger charge is 2.21. The fourth-order valence-corrected chi connectivity index (χ4v) is 3.32. The van der Waals surface area contributed by atoms with Crippen LogP contribution >= 0.6 is 11.3 Å². The van der Waals surface area contributed by atoms with Gasteiger partial charge in [-0.3, -0.25) is 16.0 Å². The van der Waals surface area contributed by atoms with Gasteiger partial charge in [0, 0.05) is 29.6 Å². The molecule has 0 aliphatic carbocycles. The summed E-state index contributed by atoms with van der Waals surface area (Å²) < 4.78 is 1.90. The van der Waals surface area contributed by atoms with Crippen LogP contribution in [0.5, 0.6) is 0 Å². The number of thiazole rings is 1. The number of nitrogens with two attached hydrogens (primary N) is 1. The van der Waals surface area contributed by atoms with Gasteiger partial charge in [0.1, 0.15) is 0 Å². The molecule has 6 heteroatoms. The molecule has 0 saturated heterocycles. The zero-order valence-corrected chi connectivity index (χ0v) is 12.9. The van der Waals surface area contributed by atoms with E-state index in [2.05, 4.69) is 29.4 Å². The maximum atomic E-state index is 5.73. The van der Waals surface area contributed by atoms with Crippen molar-refractivity contribution in [3.05, 3.63) is 32.5 Å². The first-order valence-electron chi connectivity index (χ1n) is 6.33. The highest BCUT2D eigenvalue weighted by atomic mass is 32.1. The largest absolute Gasteiger partial charge is 0.272 e. The van der Waals surface area contributed by atoms with Crippen LogP contribution < -0.4 is 11.3 Å². The van der Waals surface area contributed by atoms with Crippen molar-refractivity contribution in [1.82, 2.24) is 20.2 Å². The molecule has 0 amide bonds. The van der Waals surface area contributed by atoms with Gasteiger partial charge in [-0.15, -0.1) is 11.3 Å². The van der Waals surface area contributed by atoms with Gasteiger partial charge in [-0.05, 0) is 27.7 Å². The number of nitrogens with one attached hydrogen (secondary N) is 1. The van der Waals surface area contributed by atoms with Crippen molar-refractivity contribution in [3.8, 4) is 0 Å². The first-order valence-corrected chi connectivity index (χ1v) is 7.14. The number of hydrogen-bond donors (Lipinski definition) is 2.